The fraction of sp³-hybridized carbons (Fsp3) is 0. The number of thiophene rings is 1. The van der Waals surface area contributed by atoms with E-state index in [0.29, 0.717) is 5.02 Å². The van der Waals surface area contributed by atoms with E-state index in [1.165, 1.54) is 29.5 Å². The van der Waals surface area contributed by atoms with Crippen molar-refractivity contribution in [3.63, 3.8) is 0 Å². The quantitative estimate of drug-likeness (QED) is 0.661. The van der Waals surface area contributed by atoms with Crippen LogP contribution in [0.1, 0.15) is 15.2 Å². The van der Waals surface area contributed by atoms with Crippen molar-refractivity contribution in [2.24, 2.45) is 0 Å². The van der Waals surface area contributed by atoms with Gasteiger partial charge in [-0.15, -0.1) is 11.3 Å². The molecule has 2 aromatic rings. The van der Waals surface area contributed by atoms with Crippen LogP contribution in [0.3, 0.4) is 0 Å². The highest BCUT2D eigenvalue weighted by molar-refractivity contribution is 7.10. The van der Waals surface area contributed by atoms with Gasteiger partial charge in [0, 0.05) is 9.90 Å². The van der Waals surface area contributed by atoms with Gasteiger partial charge in [-0.05, 0) is 35.7 Å². The van der Waals surface area contributed by atoms with E-state index < -0.39 is 0 Å². The number of aromatic hydroxyl groups is 1. The summed E-state index contributed by atoms with van der Waals surface area (Å²) < 4.78 is 0. The van der Waals surface area contributed by atoms with Crippen LogP contribution in [0, 0.1) is 0 Å². The van der Waals surface area contributed by atoms with Crippen molar-refractivity contribution in [2.45, 2.75) is 0 Å². The zero-order valence-corrected chi connectivity index (χ0v) is 11.4. The summed E-state index contributed by atoms with van der Waals surface area (Å²) in [5.41, 5.74) is 0.0975. The molecule has 18 heavy (non-hydrogen) atoms. The number of benzene rings is 1. The summed E-state index contributed by atoms with van der Waals surface area (Å²) in [6, 6.07) is 6.56. The van der Waals surface area contributed by atoms with Crippen LogP contribution >= 0.6 is 34.5 Å². The first-order chi connectivity index (χ1) is 8.58. The molecule has 0 amide bonds. The molecule has 0 fully saturated rings. The summed E-state index contributed by atoms with van der Waals surface area (Å²) in [5.74, 6) is -0.591. The van der Waals surface area contributed by atoms with Gasteiger partial charge in [-0.2, -0.15) is 0 Å². The molecule has 0 bridgehead atoms. The normalized spacial score (nSPS) is 11.0. The third-order valence-electron chi connectivity index (χ3n) is 2.24. The second kappa shape index (κ2) is 5.57. The maximum atomic E-state index is 11.9. The van der Waals surface area contributed by atoms with Gasteiger partial charge in [-0.1, -0.05) is 29.3 Å². The number of halogens is 2. The van der Waals surface area contributed by atoms with E-state index in [2.05, 4.69) is 0 Å². The smallest absolute Gasteiger partial charge is 0.189 e. The van der Waals surface area contributed by atoms with Crippen LogP contribution in [0.2, 0.25) is 10.0 Å². The standard InChI is InChI=1S/C13H8Cl2O2S/c14-8-6-10(13(17)11(15)7-8)12(16)4-3-9-2-1-5-18-9/h1-7,17H/b4-3+. The van der Waals surface area contributed by atoms with E-state index in [4.69, 9.17) is 23.2 Å². The molecule has 5 heteroatoms. The van der Waals surface area contributed by atoms with E-state index in [1.54, 1.807) is 6.08 Å². The number of carbonyl (C=O) groups is 1. The number of ketones is 1. The average molecular weight is 299 g/mol. The first-order valence-electron chi connectivity index (χ1n) is 5.02. The summed E-state index contributed by atoms with van der Waals surface area (Å²) in [6.45, 7) is 0. The lowest BCUT2D eigenvalue weighted by Crippen LogP contribution is -1.95. The fourth-order valence-corrected chi connectivity index (χ4v) is 2.50. The van der Waals surface area contributed by atoms with Crippen molar-refractivity contribution in [3.05, 3.63) is 56.2 Å². The van der Waals surface area contributed by atoms with Gasteiger partial charge in [-0.3, -0.25) is 4.79 Å². The second-order valence-electron chi connectivity index (χ2n) is 3.50. The van der Waals surface area contributed by atoms with Crippen LogP contribution in [0.4, 0.5) is 0 Å². The van der Waals surface area contributed by atoms with E-state index in [1.807, 2.05) is 17.5 Å². The monoisotopic (exact) mass is 298 g/mol. The Morgan fingerprint density at radius 1 is 1.33 bits per heavy atom. The van der Waals surface area contributed by atoms with Crippen LogP contribution in [0.5, 0.6) is 5.75 Å². The molecule has 0 atom stereocenters. The Labute approximate surface area is 118 Å². The molecule has 1 heterocycles. The third-order valence-corrected chi connectivity index (χ3v) is 3.58. The predicted molar refractivity (Wildman–Crippen MR) is 75.8 cm³/mol. The average Bonchev–Trinajstić information content (AvgIpc) is 2.83. The molecule has 92 valence electrons. The summed E-state index contributed by atoms with van der Waals surface area (Å²) in [6.07, 6.45) is 3.06. The third kappa shape index (κ3) is 2.93. The van der Waals surface area contributed by atoms with Crippen LogP contribution in [0.25, 0.3) is 6.08 Å². The number of allylic oxidation sites excluding steroid dienone is 1. The summed E-state index contributed by atoms with van der Waals surface area (Å²) in [5, 5.41) is 12.0. The lowest BCUT2D eigenvalue weighted by Gasteiger charge is -2.03. The summed E-state index contributed by atoms with van der Waals surface area (Å²) in [4.78, 5) is 12.9. The second-order valence-corrected chi connectivity index (χ2v) is 5.32. The topological polar surface area (TPSA) is 37.3 Å². The van der Waals surface area contributed by atoms with E-state index >= 15 is 0 Å². The summed E-state index contributed by atoms with van der Waals surface area (Å²) in [7, 11) is 0. The Balaban J connectivity index is 2.29. The van der Waals surface area contributed by atoms with Crippen molar-refractivity contribution in [1.82, 2.24) is 0 Å². The highest BCUT2D eigenvalue weighted by Gasteiger charge is 2.13. The molecule has 0 aliphatic carbocycles. The van der Waals surface area contributed by atoms with Crippen LogP contribution in [-0.2, 0) is 0 Å². The largest absolute Gasteiger partial charge is 0.506 e. The van der Waals surface area contributed by atoms with E-state index in [0.717, 1.165) is 4.88 Å². The molecular weight excluding hydrogens is 291 g/mol. The Morgan fingerprint density at radius 2 is 2.11 bits per heavy atom. The van der Waals surface area contributed by atoms with Gasteiger partial charge in [0.2, 0.25) is 0 Å². The van der Waals surface area contributed by atoms with Gasteiger partial charge in [-0.25, -0.2) is 0 Å². The molecule has 1 aromatic carbocycles. The van der Waals surface area contributed by atoms with Crippen LogP contribution < -0.4 is 0 Å². The molecule has 1 N–H and O–H groups in total. The molecule has 0 spiro atoms. The molecule has 0 unspecified atom stereocenters. The van der Waals surface area contributed by atoms with Gasteiger partial charge in [0.05, 0.1) is 10.6 Å². The van der Waals surface area contributed by atoms with Crippen molar-refractivity contribution < 1.29 is 9.90 Å². The molecule has 2 rings (SSSR count). The molecule has 0 saturated heterocycles. The van der Waals surface area contributed by atoms with Gasteiger partial charge in [0.25, 0.3) is 0 Å². The van der Waals surface area contributed by atoms with E-state index in [9.17, 15) is 9.90 Å². The minimum atomic E-state index is -0.342. The van der Waals surface area contributed by atoms with Crippen molar-refractivity contribution in [1.29, 1.82) is 0 Å². The number of hydrogen-bond donors (Lipinski definition) is 1. The molecule has 0 radical (unpaired) electrons. The van der Waals surface area contributed by atoms with E-state index in [-0.39, 0.29) is 22.1 Å². The minimum absolute atomic E-state index is 0.0652. The van der Waals surface area contributed by atoms with Gasteiger partial charge >= 0.3 is 0 Å². The van der Waals surface area contributed by atoms with Gasteiger partial charge in [0.1, 0.15) is 5.75 Å². The van der Waals surface area contributed by atoms with Crippen LogP contribution in [0.15, 0.2) is 35.7 Å². The molecule has 2 nitrogen and oxygen atoms in total. The number of phenolic OH excluding ortho intramolecular Hbond substituents is 1. The van der Waals surface area contributed by atoms with Crippen molar-refractivity contribution in [2.75, 3.05) is 0 Å². The summed E-state index contributed by atoms with van der Waals surface area (Å²) >= 11 is 13.1. The Morgan fingerprint density at radius 3 is 2.78 bits per heavy atom. The lowest BCUT2D eigenvalue weighted by atomic mass is 10.1. The minimum Gasteiger partial charge on any atom is -0.506 e. The van der Waals surface area contributed by atoms with Crippen LogP contribution in [-0.4, -0.2) is 10.9 Å². The number of carbonyl (C=O) groups excluding carboxylic acids is 1. The number of phenols is 1. The molecule has 0 aliphatic heterocycles. The lowest BCUT2D eigenvalue weighted by molar-refractivity contribution is 0.104. The zero-order chi connectivity index (χ0) is 13.1. The van der Waals surface area contributed by atoms with Crippen molar-refractivity contribution >= 4 is 46.4 Å². The van der Waals surface area contributed by atoms with Gasteiger partial charge in [0.15, 0.2) is 5.78 Å². The highest BCUT2D eigenvalue weighted by Crippen LogP contribution is 2.31. The molecule has 0 saturated carbocycles. The SMILES string of the molecule is O=C(/C=C/c1cccs1)c1cc(Cl)cc(Cl)c1O. The predicted octanol–water partition coefficient (Wildman–Crippen LogP) is 4.66. The fourth-order valence-electron chi connectivity index (χ4n) is 1.39. The first kappa shape index (κ1) is 13.1. The molecule has 0 aliphatic rings. The molecule has 1 aromatic heterocycles. The Bertz CT molecular complexity index is 604. The van der Waals surface area contributed by atoms with Crippen molar-refractivity contribution in [3.8, 4) is 5.75 Å². The highest BCUT2D eigenvalue weighted by atomic mass is 35.5. The number of hydrogen-bond acceptors (Lipinski definition) is 3. The number of rotatable bonds is 3. The maximum absolute atomic E-state index is 11.9. The molecular formula is C13H8Cl2O2S. The Hall–Kier alpha value is -1.29. The Kier molecular flexibility index (Phi) is 4.07. The maximum Gasteiger partial charge on any atom is 0.189 e. The zero-order valence-electron chi connectivity index (χ0n) is 9.06. The first-order valence-corrected chi connectivity index (χ1v) is 6.65. The van der Waals surface area contributed by atoms with Gasteiger partial charge < -0.3 is 5.11 Å².